The van der Waals surface area contributed by atoms with Crippen molar-refractivity contribution >= 4 is 57.0 Å². The fourth-order valence-electron chi connectivity index (χ4n) is 7.90. The fraction of sp³-hybridized carbons (Fsp3) is 0.318. The van der Waals surface area contributed by atoms with Gasteiger partial charge in [0.15, 0.2) is 0 Å². The van der Waals surface area contributed by atoms with Gasteiger partial charge in [0.05, 0.1) is 33.5 Å². The topological polar surface area (TPSA) is 100 Å². The van der Waals surface area contributed by atoms with Crippen LogP contribution in [0.5, 0.6) is 0 Å². The molecule has 0 saturated heterocycles. The summed E-state index contributed by atoms with van der Waals surface area (Å²) in [6.45, 7) is 13.3. The lowest BCUT2D eigenvalue weighted by Gasteiger charge is -2.36. The number of hydrogen-bond acceptors (Lipinski definition) is 4. The lowest BCUT2D eigenvalue weighted by Crippen LogP contribution is -2.28. The van der Waals surface area contributed by atoms with Crippen molar-refractivity contribution in [3.05, 3.63) is 118 Å². The van der Waals surface area contributed by atoms with Gasteiger partial charge >= 0.3 is 11.9 Å². The van der Waals surface area contributed by atoms with Crippen molar-refractivity contribution in [3.8, 4) is 0 Å². The van der Waals surface area contributed by atoms with Gasteiger partial charge in [-0.25, -0.2) is 19.6 Å². The first kappa shape index (κ1) is 33.4. The minimum Gasteiger partial charge on any atom is -0.478 e. The number of fused-ring (bicyclic) bond motifs is 4. The van der Waals surface area contributed by atoms with Gasteiger partial charge in [0.25, 0.3) is 0 Å². The molecule has 2 N–H and O–H groups in total. The van der Waals surface area contributed by atoms with Crippen LogP contribution in [0.1, 0.15) is 109 Å². The Morgan fingerprint density at radius 3 is 1.38 bits per heavy atom. The van der Waals surface area contributed by atoms with Gasteiger partial charge in [0.1, 0.15) is 0 Å². The highest BCUT2D eigenvalue weighted by molar-refractivity contribution is 6.07. The third-order valence-electron chi connectivity index (χ3n) is 10.9. The Bertz CT molecular complexity index is 2110. The fourth-order valence-corrected chi connectivity index (χ4v) is 7.90. The molecule has 2 unspecified atom stereocenters. The van der Waals surface area contributed by atoms with Crippen molar-refractivity contribution in [2.75, 3.05) is 0 Å². The van der Waals surface area contributed by atoms with Crippen LogP contribution in [0.4, 0.5) is 0 Å². The molecule has 2 aliphatic carbocycles. The van der Waals surface area contributed by atoms with Crippen molar-refractivity contribution < 1.29 is 19.8 Å². The minimum absolute atomic E-state index is 0.0333. The zero-order valence-corrected chi connectivity index (χ0v) is 29.7. The number of benzene rings is 3. The zero-order chi connectivity index (χ0) is 35.5. The smallest absolute Gasteiger partial charge is 0.336 e. The Morgan fingerprint density at radius 2 is 1.00 bits per heavy atom. The first-order chi connectivity index (χ1) is 23.7. The third kappa shape index (κ3) is 6.12. The summed E-state index contributed by atoms with van der Waals surface area (Å²) in [5, 5.41) is 22.3. The molecule has 2 aliphatic rings. The number of hydrogen-bond donors (Lipinski definition) is 2. The molecule has 6 heteroatoms. The van der Waals surface area contributed by atoms with Gasteiger partial charge in [-0.15, -0.1) is 0 Å². The van der Waals surface area contributed by atoms with Gasteiger partial charge in [-0.1, -0.05) is 96.1 Å². The molecule has 0 bridgehead atoms. The van der Waals surface area contributed by atoms with E-state index in [0.29, 0.717) is 45.8 Å². The maximum atomic E-state index is 12.8. The summed E-state index contributed by atoms with van der Waals surface area (Å²) in [5.41, 5.74) is 9.28. The highest BCUT2D eigenvalue weighted by Gasteiger charge is 2.36. The van der Waals surface area contributed by atoms with E-state index in [0.717, 1.165) is 57.6 Å². The van der Waals surface area contributed by atoms with Crippen LogP contribution in [0.25, 0.3) is 45.1 Å². The first-order valence-corrected chi connectivity index (χ1v) is 17.5. The number of carbonyl (C=O) groups is 2. The quantitative estimate of drug-likeness (QED) is 0.198. The van der Waals surface area contributed by atoms with E-state index in [2.05, 4.69) is 71.9 Å². The Morgan fingerprint density at radius 1 is 0.600 bits per heavy atom. The van der Waals surface area contributed by atoms with E-state index in [9.17, 15) is 19.8 Å². The molecular weight excluding hydrogens is 620 g/mol. The van der Waals surface area contributed by atoms with Crippen LogP contribution in [0.2, 0.25) is 0 Å². The molecule has 0 saturated carbocycles. The number of aromatic carboxylic acids is 2. The second kappa shape index (κ2) is 12.3. The summed E-state index contributed by atoms with van der Waals surface area (Å²) in [5.74, 6) is -1.36. The molecule has 0 radical (unpaired) electrons. The SMILES string of the molecule is CC(C)(C)C1C/C(=C/c2cccc(/C=C3/CC(C(C)(C)C)Cc4c3nc3ccccc3c4C(=O)O)c2)c2nc3ccccc3c(C(=O)O)c2C1. The van der Waals surface area contributed by atoms with Crippen molar-refractivity contribution in [1.82, 2.24) is 9.97 Å². The number of aromatic nitrogens is 2. The maximum Gasteiger partial charge on any atom is 0.336 e. The molecule has 2 atom stereocenters. The first-order valence-electron chi connectivity index (χ1n) is 17.5. The van der Waals surface area contributed by atoms with Gasteiger partial charge in [-0.2, -0.15) is 0 Å². The van der Waals surface area contributed by atoms with Gasteiger partial charge in [0.2, 0.25) is 0 Å². The average molecular weight is 665 g/mol. The predicted octanol–water partition coefficient (Wildman–Crippen LogP) is 10.5. The molecule has 50 heavy (non-hydrogen) atoms. The van der Waals surface area contributed by atoms with Crippen molar-refractivity contribution in [2.45, 2.75) is 67.2 Å². The van der Waals surface area contributed by atoms with Gasteiger partial charge in [0, 0.05) is 10.8 Å². The van der Waals surface area contributed by atoms with Crippen LogP contribution in [0.3, 0.4) is 0 Å². The molecule has 6 nitrogen and oxygen atoms in total. The molecular formula is C44H44N2O4. The average Bonchev–Trinajstić information content (AvgIpc) is 3.05. The number of carboxylic acids is 2. The molecule has 7 rings (SSSR count). The van der Waals surface area contributed by atoms with Crippen LogP contribution >= 0.6 is 0 Å². The number of rotatable bonds is 4. The lowest BCUT2D eigenvalue weighted by atomic mass is 9.68. The highest BCUT2D eigenvalue weighted by atomic mass is 16.4. The molecule has 5 aromatic rings. The van der Waals surface area contributed by atoms with Gasteiger partial charge in [-0.05, 0) is 112 Å². The second-order valence-electron chi connectivity index (χ2n) is 16.2. The van der Waals surface area contributed by atoms with Crippen LogP contribution in [-0.4, -0.2) is 32.1 Å². The molecule has 2 heterocycles. The van der Waals surface area contributed by atoms with Crippen LogP contribution in [-0.2, 0) is 12.8 Å². The van der Waals surface area contributed by atoms with E-state index >= 15 is 0 Å². The summed E-state index contributed by atoms with van der Waals surface area (Å²) in [7, 11) is 0. The van der Waals surface area contributed by atoms with Crippen molar-refractivity contribution in [1.29, 1.82) is 0 Å². The number of pyridine rings is 2. The molecule has 0 spiro atoms. The largest absolute Gasteiger partial charge is 0.478 e. The number of carboxylic acid groups (broad SMARTS) is 2. The number of allylic oxidation sites excluding steroid dienone is 2. The molecule has 0 amide bonds. The Kier molecular flexibility index (Phi) is 8.25. The van der Waals surface area contributed by atoms with Gasteiger partial charge in [-0.3, -0.25) is 0 Å². The monoisotopic (exact) mass is 664 g/mol. The Balaban J connectivity index is 1.38. The Labute approximate surface area is 293 Å². The summed E-state index contributed by atoms with van der Waals surface area (Å²) in [6, 6.07) is 23.4. The Hall–Kier alpha value is -5.10. The lowest BCUT2D eigenvalue weighted by molar-refractivity contribution is 0.0685. The minimum atomic E-state index is -0.920. The standard InChI is InChI=1S/C44H44N2O4/c1-43(2,3)29-21-27(39-33(23-29)37(41(47)48)31-14-7-9-16-35(31)45-39)19-25-12-11-13-26(18-25)20-28-22-30(44(4,5)6)24-34-38(42(49)50)32-15-8-10-17-36(32)46-40(28)34/h7-20,29-30H,21-24H2,1-6H3,(H,47,48)(H,49,50)/b27-19-,28-20-. The third-order valence-corrected chi connectivity index (χ3v) is 10.9. The van der Waals surface area contributed by atoms with E-state index in [1.165, 1.54) is 0 Å². The zero-order valence-electron chi connectivity index (χ0n) is 29.7. The predicted molar refractivity (Wildman–Crippen MR) is 202 cm³/mol. The van der Waals surface area contributed by atoms with E-state index in [1.807, 2.05) is 54.6 Å². The van der Waals surface area contributed by atoms with E-state index in [1.54, 1.807) is 0 Å². The molecule has 0 aliphatic heterocycles. The summed E-state index contributed by atoms with van der Waals surface area (Å²) >= 11 is 0. The molecule has 0 fully saturated rings. The normalized spacial score (nSPS) is 19.5. The van der Waals surface area contributed by atoms with Crippen molar-refractivity contribution in [3.63, 3.8) is 0 Å². The van der Waals surface area contributed by atoms with E-state index in [4.69, 9.17) is 9.97 Å². The molecule has 254 valence electrons. The summed E-state index contributed by atoms with van der Waals surface area (Å²) < 4.78 is 0. The number of para-hydroxylation sites is 2. The molecule has 3 aromatic carbocycles. The van der Waals surface area contributed by atoms with Crippen LogP contribution < -0.4 is 0 Å². The maximum absolute atomic E-state index is 12.8. The summed E-state index contributed by atoms with van der Waals surface area (Å²) in [6.07, 6.45) is 7.26. The van der Waals surface area contributed by atoms with Crippen LogP contribution in [0.15, 0.2) is 72.8 Å². The second-order valence-corrected chi connectivity index (χ2v) is 16.2. The summed E-state index contributed by atoms with van der Waals surface area (Å²) in [4.78, 5) is 35.7. The van der Waals surface area contributed by atoms with E-state index in [-0.39, 0.29) is 22.7 Å². The van der Waals surface area contributed by atoms with Crippen molar-refractivity contribution in [2.24, 2.45) is 22.7 Å². The van der Waals surface area contributed by atoms with E-state index < -0.39 is 11.9 Å². The van der Waals surface area contributed by atoms with Crippen LogP contribution in [0, 0.1) is 22.7 Å². The van der Waals surface area contributed by atoms with Gasteiger partial charge < -0.3 is 10.2 Å². The number of nitrogens with zero attached hydrogens (tertiary/aromatic N) is 2. The molecule has 2 aromatic heterocycles. The highest BCUT2D eigenvalue weighted by Crippen LogP contribution is 2.46.